The third-order valence-corrected chi connectivity index (χ3v) is 4.58. The molecule has 2 aliphatic carbocycles. The summed E-state index contributed by atoms with van der Waals surface area (Å²) in [6.07, 6.45) is 8.63. The topological polar surface area (TPSA) is 29.5 Å². The molecular formula is C14H26O2. The lowest BCUT2D eigenvalue weighted by Gasteiger charge is -2.36. The number of aliphatic hydroxyl groups is 1. The molecule has 94 valence electrons. The molecule has 0 bridgehead atoms. The maximum atomic E-state index is 9.45. The molecule has 0 aromatic rings. The fraction of sp³-hybridized carbons (Fsp3) is 1.00. The SMILES string of the molecule is CC1CCC(OC2CCC(O)CC2)CC1C. The minimum atomic E-state index is -0.0647. The first-order valence-corrected chi connectivity index (χ1v) is 6.98. The van der Waals surface area contributed by atoms with Gasteiger partial charge in [0.15, 0.2) is 0 Å². The van der Waals surface area contributed by atoms with Crippen LogP contribution in [0.25, 0.3) is 0 Å². The second-order valence-electron chi connectivity index (χ2n) is 5.96. The highest BCUT2D eigenvalue weighted by molar-refractivity contribution is 4.78. The van der Waals surface area contributed by atoms with E-state index in [9.17, 15) is 5.11 Å². The highest BCUT2D eigenvalue weighted by Gasteiger charge is 2.28. The van der Waals surface area contributed by atoms with Gasteiger partial charge >= 0.3 is 0 Å². The zero-order chi connectivity index (χ0) is 11.5. The summed E-state index contributed by atoms with van der Waals surface area (Å²) in [7, 11) is 0. The Labute approximate surface area is 99.4 Å². The molecule has 0 amide bonds. The van der Waals surface area contributed by atoms with Crippen LogP contribution in [0.4, 0.5) is 0 Å². The van der Waals surface area contributed by atoms with Crippen molar-refractivity contribution in [2.75, 3.05) is 0 Å². The lowest BCUT2D eigenvalue weighted by molar-refractivity contribution is -0.0725. The van der Waals surface area contributed by atoms with Crippen molar-refractivity contribution in [3.8, 4) is 0 Å². The molecular weight excluding hydrogens is 200 g/mol. The van der Waals surface area contributed by atoms with Gasteiger partial charge in [0.1, 0.15) is 0 Å². The molecule has 0 spiro atoms. The summed E-state index contributed by atoms with van der Waals surface area (Å²) in [6.45, 7) is 4.71. The Morgan fingerprint density at radius 2 is 1.44 bits per heavy atom. The molecule has 2 aliphatic rings. The average molecular weight is 226 g/mol. The van der Waals surface area contributed by atoms with Gasteiger partial charge < -0.3 is 9.84 Å². The van der Waals surface area contributed by atoms with Crippen LogP contribution in [0.15, 0.2) is 0 Å². The largest absolute Gasteiger partial charge is 0.393 e. The molecule has 3 unspecified atom stereocenters. The molecule has 0 saturated heterocycles. The van der Waals surface area contributed by atoms with Crippen molar-refractivity contribution in [2.45, 2.75) is 77.1 Å². The monoisotopic (exact) mass is 226 g/mol. The second kappa shape index (κ2) is 5.50. The Kier molecular flexibility index (Phi) is 4.26. The molecule has 0 aliphatic heterocycles. The van der Waals surface area contributed by atoms with Crippen LogP contribution in [-0.2, 0) is 4.74 Å². The number of aliphatic hydroxyl groups excluding tert-OH is 1. The van der Waals surface area contributed by atoms with Crippen molar-refractivity contribution in [3.05, 3.63) is 0 Å². The number of ether oxygens (including phenoxy) is 1. The summed E-state index contributed by atoms with van der Waals surface area (Å²) in [5, 5.41) is 9.45. The Hall–Kier alpha value is -0.0800. The molecule has 2 nitrogen and oxygen atoms in total. The van der Waals surface area contributed by atoms with Gasteiger partial charge in [-0.15, -0.1) is 0 Å². The zero-order valence-corrected chi connectivity index (χ0v) is 10.7. The van der Waals surface area contributed by atoms with E-state index >= 15 is 0 Å². The Balaban J connectivity index is 1.73. The zero-order valence-electron chi connectivity index (χ0n) is 10.7. The van der Waals surface area contributed by atoms with Crippen LogP contribution < -0.4 is 0 Å². The van der Waals surface area contributed by atoms with Gasteiger partial charge in [-0.2, -0.15) is 0 Å². The van der Waals surface area contributed by atoms with Crippen molar-refractivity contribution < 1.29 is 9.84 Å². The van der Waals surface area contributed by atoms with E-state index in [1.54, 1.807) is 0 Å². The first-order chi connectivity index (χ1) is 7.65. The van der Waals surface area contributed by atoms with Crippen LogP contribution in [0.5, 0.6) is 0 Å². The summed E-state index contributed by atoms with van der Waals surface area (Å²) in [6, 6.07) is 0. The van der Waals surface area contributed by atoms with Gasteiger partial charge in [-0.1, -0.05) is 13.8 Å². The molecule has 0 heterocycles. The minimum absolute atomic E-state index is 0.0647. The van der Waals surface area contributed by atoms with Crippen LogP contribution >= 0.6 is 0 Å². The van der Waals surface area contributed by atoms with E-state index in [-0.39, 0.29) is 6.10 Å². The smallest absolute Gasteiger partial charge is 0.0581 e. The first-order valence-electron chi connectivity index (χ1n) is 6.98. The van der Waals surface area contributed by atoms with E-state index in [1.165, 1.54) is 19.3 Å². The molecule has 2 rings (SSSR count). The lowest BCUT2D eigenvalue weighted by atomic mass is 9.80. The van der Waals surface area contributed by atoms with Crippen LogP contribution in [0.1, 0.15) is 58.8 Å². The van der Waals surface area contributed by atoms with Gasteiger partial charge in [0.05, 0.1) is 18.3 Å². The van der Waals surface area contributed by atoms with E-state index in [1.807, 2.05) is 0 Å². The number of rotatable bonds is 2. The van der Waals surface area contributed by atoms with Gasteiger partial charge in [0.25, 0.3) is 0 Å². The average Bonchev–Trinajstić information content (AvgIpc) is 2.27. The Bertz CT molecular complexity index is 209. The number of hydrogen-bond donors (Lipinski definition) is 1. The van der Waals surface area contributed by atoms with E-state index in [4.69, 9.17) is 4.74 Å². The van der Waals surface area contributed by atoms with Crippen molar-refractivity contribution in [1.82, 2.24) is 0 Å². The second-order valence-corrected chi connectivity index (χ2v) is 5.96. The van der Waals surface area contributed by atoms with Gasteiger partial charge in [0.2, 0.25) is 0 Å². The van der Waals surface area contributed by atoms with Crippen LogP contribution in [-0.4, -0.2) is 23.4 Å². The molecule has 0 radical (unpaired) electrons. The normalized spacial score (nSPS) is 45.6. The van der Waals surface area contributed by atoms with Crippen molar-refractivity contribution in [1.29, 1.82) is 0 Å². The van der Waals surface area contributed by atoms with Gasteiger partial charge in [-0.05, 0) is 56.8 Å². The quantitative estimate of drug-likeness (QED) is 0.784. The van der Waals surface area contributed by atoms with E-state index < -0.39 is 0 Å². The molecule has 0 aromatic heterocycles. The molecule has 3 atom stereocenters. The van der Waals surface area contributed by atoms with Crippen LogP contribution in [0.3, 0.4) is 0 Å². The fourth-order valence-corrected chi connectivity index (χ4v) is 3.08. The summed E-state index contributed by atoms with van der Waals surface area (Å²) in [5.74, 6) is 1.68. The molecule has 0 aromatic carbocycles. The summed E-state index contributed by atoms with van der Waals surface area (Å²) < 4.78 is 6.19. The minimum Gasteiger partial charge on any atom is -0.393 e. The molecule has 1 N–H and O–H groups in total. The predicted octanol–water partition coefficient (Wildman–Crippen LogP) is 3.13. The van der Waals surface area contributed by atoms with Crippen molar-refractivity contribution >= 4 is 0 Å². The van der Waals surface area contributed by atoms with Crippen molar-refractivity contribution in [2.24, 2.45) is 11.8 Å². The van der Waals surface area contributed by atoms with Gasteiger partial charge in [-0.3, -0.25) is 0 Å². The summed E-state index contributed by atoms with van der Waals surface area (Å²) >= 11 is 0. The molecule has 16 heavy (non-hydrogen) atoms. The third kappa shape index (κ3) is 3.21. The Morgan fingerprint density at radius 1 is 0.812 bits per heavy atom. The standard InChI is InChI=1S/C14H26O2/c1-10-3-6-14(9-11(10)2)16-13-7-4-12(15)5-8-13/h10-15H,3-9H2,1-2H3. The highest BCUT2D eigenvalue weighted by Crippen LogP contribution is 2.33. The molecule has 2 fully saturated rings. The van der Waals surface area contributed by atoms with E-state index in [0.717, 1.165) is 37.5 Å². The third-order valence-electron chi connectivity index (χ3n) is 4.58. The summed E-state index contributed by atoms with van der Waals surface area (Å²) in [5.41, 5.74) is 0. The van der Waals surface area contributed by atoms with Gasteiger partial charge in [0, 0.05) is 0 Å². The van der Waals surface area contributed by atoms with E-state index in [0.29, 0.717) is 12.2 Å². The molecule has 2 heteroatoms. The fourth-order valence-electron chi connectivity index (χ4n) is 3.08. The highest BCUT2D eigenvalue weighted by atomic mass is 16.5. The number of hydrogen-bond acceptors (Lipinski definition) is 2. The van der Waals surface area contributed by atoms with Crippen LogP contribution in [0.2, 0.25) is 0 Å². The van der Waals surface area contributed by atoms with Crippen LogP contribution in [0, 0.1) is 11.8 Å². The Morgan fingerprint density at radius 3 is 2.06 bits per heavy atom. The lowest BCUT2D eigenvalue weighted by Crippen LogP contribution is -2.33. The maximum absolute atomic E-state index is 9.45. The predicted molar refractivity (Wildman–Crippen MR) is 65.3 cm³/mol. The van der Waals surface area contributed by atoms with Crippen molar-refractivity contribution in [3.63, 3.8) is 0 Å². The maximum Gasteiger partial charge on any atom is 0.0581 e. The first kappa shape index (κ1) is 12.4. The van der Waals surface area contributed by atoms with E-state index in [2.05, 4.69) is 13.8 Å². The summed E-state index contributed by atoms with van der Waals surface area (Å²) in [4.78, 5) is 0. The molecule has 2 saturated carbocycles. The van der Waals surface area contributed by atoms with Gasteiger partial charge in [-0.25, -0.2) is 0 Å².